The molecule has 21 heavy (non-hydrogen) atoms. The van der Waals surface area contributed by atoms with Crippen molar-refractivity contribution >= 4 is 23.2 Å². The van der Waals surface area contributed by atoms with Gasteiger partial charge in [0.1, 0.15) is 5.75 Å². The van der Waals surface area contributed by atoms with Crippen molar-refractivity contribution in [3.05, 3.63) is 40.7 Å². The number of anilines is 1. The lowest BCUT2D eigenvalue weighted by atomic mass is 10.2. The maximum atomic E-state index is 12.2. The van der Waals surface area contributed by atoms with Crippen molar-refractivity contribution in [3.63, 3.8) is 0 Å². The van der Waals surface area contributed by atoms with Crippen LogP contribution in [0.4, 0.5) is 5.69 Å². The number of aromatic nitrogens is 2. The number of nitrogens with zero attached hydrogens (tertiary/aromatic N) is 2. The van der Waals surface area contributed by atoms with E-state index in [0.717, 1.165) is 6.42 Å². The number of halogens is 1. The molecule has 0 saturated carbocycles. The third-order valence-electron chi connectivity index (χ3n) is 2.91. The van der Waals surface area contributed by atoms with Gasteiger partial charge in [0.15, 0.2) is 0 Å². The highest BCUT2D eigenvalue weighted by Gasteiger charge is 2.13. The van der Waals surface area contributed by atoms with E-state index in [1.165, 1.54) is 0 Å². The molecular formula is C15H18ClN3O2. The highest BCUT2D eigenvalue weighted by Crippen LogP contribution is 2.28. The van der Waals surface area contributed by atoms with Crippen molar-refractivity contribution in [2.45, 2.75) is 20.3 Å². The smallest absolute Gasteiger partial charge is 0.259 e. The first-order valence-electron chi connectivity index (χ1n) is 6.75. The van der Waals surface area contributed by atoms with E-state index in [-0.39, 0.29) is 5.91 Å². The number of benzene rings is 1. The third-order valence-corrected chi connectivity index (χ3v) is 3.20. The first-order chi connectivity index (χ1) is 10.0. The molecule has 1 aromatic carbocycles. The van der Waals surface area contributed by atoms with Crippen molar-refractivity contribution in [1.82, 2.24) is 9.78 Å². The Balaban J connectivity index is 2.11. The zero-order valence-corrected chi connectivity index (χ0v) is 13.1. The molecule has 5 nitrogen and oxygen atoms in total. The second-order valence-electron chi connectivity index (χ2n) is 4.75. The molecule has 1 amide bonds. The molecule has 1 N–H and O–H groups in total. The molecular weight excluding hydrogens is 290 g/mol. The van der Waals surface area contributed by atoms with Gasteiger partial charge < -0.3 is 10.1 Å². The van der Waals surface area contributed by atoms with Crippen LogP contribution in [0.15, 0.2) is 24.4 Å². The second-order valence-corrected chi connectivity index (χ2v) is 5.16. The SMILES string of the molecule is CCCOc1ccc(NC(=O)c2cn(C)nc2C)cc1Cl. The summed E-state index contributed by atoms with van der Waals surface area (Å²) in [6.45, 7) is 4.43. The number of carbonyl (C=O) groups is 1. The number of hydrogen-bond donors (Lipinski definition) is 1. The Labute approximate surface area is 128 Å². The molecule has 0 radical (unpaired) electrons. The fourth-order valence-electron chi connectivity index (χ4n) is 1.93. The largest absolute Gasteiger partial charge is 0.492 e. The summed E-state index contributed by atoms with van der Waals surface area (Å²) in [5.41, 5.74) is 1.85. The van der Waals surface area contributed by atoms with Crippen molar-refractivity contribution < 1.29 is 9.53 Å². The molecule has 0 aliphatic heterocycles. The summed E-state index contributed by atoms with van der Waals surface area (Å²) in [6, 6.07) is 5.19. The van der Waals surface area contributed by atoms with E-state index < -0.39 is 0 Å². The van der Waals surface area contributed by atoms with Gasteiger partial charge in [0.05, 0.1) is 22.9 Å². The van der Waals surface area contributed by atoms with Crippen LogP contribution < -0.4 is 10.1 Å². The Morgan fingerprint density at radius 2 is 2.24 bits per heavy atom. The van der Waals surface area contributed by atoms with Gasteiger partial charge in [-0.1, -0.05) is 18.5 Å². The van der Waals surface area contributed by atoms with E-state index in [1.54, 1.807) is 43.0 Å². The van der Waals surface area contributed by atoms with Crippen LogP contribution >= 0.6 is 11.6 Å². The lowest BCUT2D eigenvalue weighted by molar-refractivity contribution is 0.102. The van der Waals surface area contributed by atoms with E-state index in [1.807, 2.05) is 6.92 Å². The van der Waals surface area contributed by atoms with Gasteiger partial charge in [0.2, 0.25) is 0 Å². The van der Waals surface area contributed by atoms with E-state index in [9.17, 15) is 4.79 Å². The van der Waals surface area contributed by atoms with E-state index in [2.05, 4.69) is 10.4 Å². The molecule has 0 aliphatic carbocycles. The average molecular weight is 308 g/mol. The molecule has 0 unspecified atom stereocenters. The zero-order chi connectivity index (χ0) is 15.4. The number of ether oxygens (including phenoxy) is 1. The summed E-state index contributed by atoms with van der Waals surface area (Å²) in [4.78, 5) is 12.2. The Morgan fingerprint density at radius 3 is 2.81 bits per heavy atom. The van der Waals surface area contributed by atoms with Gasteiger partial charge in [-0.05, 0) is 31.5 Å². The minimum atomic E-state index is -0.209. The molecule has 6 heteroatoms. The Kier molecular flexibility index (Phi) is 4.85. The van der Waals surface area contributed by atoms with E-state index >= 15 is 0 Å². The van der Waals surface area contributed by atoms with Crippen molar-refractivity contribution in [1.29, 1.82) is 0 Å². The number of amides is 1. The first-order valence-corrected chi connectivity index (χ1v) is 7.13. The molecule has 0 spiro atoms. The van der Waals surface area contributed by atoms with Crippen LogP contribution in [0.25, 0.3) is 0 Å². The Hall–Kier alpha value is -2.01. The minimum absolute atomic E-state index is 0.209. The fraction of sp³-hybridized carbons (Fsp3) is 0.333. The number of rotatable bonds is 5. The van der Waals surface area contributed by atoms with Gasteiger partial charge in [0, 0.05) is 18.9 Å². The maximum Gasteiger partial charge on any atom is 0.259 e. The molecule has 2 aromatic rings. The Morgan fingerprint density at radius 1 is 1.48 bits per heavy atom. The molecule has 0 saturated heterocycles. The van der Waals surface area contributed by atoms with Crippen molar-refractivity contribution in [2.75, 3.05) is 11.9 Å². The van der Waals surface area contributed by atoms with Crippen molar-refractivity contribution in [2.24, 2.45) is 7.05 Å². The van der Waals surface area contributed by atoms with Gasteiger partial charge in [-0.2, -0.15) is 5.10 Å². The monoisotopic (exact) mass is 307 g/mol. The summed E-state index contributed by atoms with van der Waals surface area (Å²) in [5, 5.41) is 7.43. The van der Waals surface area contributed by atoms with Crippen LogP contribution in [-0.2, 0) is 7.05 Å². The summed E-state index contributed by atoms with van der Waals surface area (Å²) in [7, 11) is 1.78. The number of nitrogens with one attached hydrogen (secondary N) is 1. The molecule has 0 aliphatic rings. The molecule has 1 aromatic heterocycles. The maximum absolute atomic E-state index is 12.2. The number of carbonyl (C=O) groups excluding carboxylic acids is 1. The van der Waals surface area contributed by atoms with E-state index in [0.29, 0.717) is 34.3 Å². The van der Waals surface area contributed by atoms with Crippen LogP contribution in [-0.4, -0.2) is 22.3 Å². The van der Waals surface area contributed by atoms with E-state index in [4.69, 9.17) is 16.3 Å². The van der Waals surface area contributed by atoms with Crippen LogP contribution in [0, 0.1) is 6.92 Å². The van der Waals surface area contributed by atoms with Gasteiger partial charge in [0.25, 0.3) is 5.91 Å². The average Bonchev–Trinajstić information content (AvgIpc) is 2.77. The van der Waals surface area contributed by atoms with Crippen LogP contribution in [0.3, 0.4) is 0 Å². The first kappa shape index (κ1) is 15.4. The lowest BCUT2D eigenvalue weighted by Gasteiger charge is -2.09. The summed E-state index contributed by atoms with van der Waals surface area (Å²) < 4.78 is 7.11. The second kappa shape index (κ2) is 6.63. The number of aryl methyl sites for hydroxylation is 2. The van der Waals surface area contributed by atoms with Crippen LogP contribution in [0.1, 0.15) is 29.4 Å². The Bertz CT molecular complexity index is 652. The third kappa shape index (κ3) is 3.76. The van der Waals surface area contributed by atoms with Crippen molar-refractivity contribution in [3.8, 4) is 5.75 Å². The zero-order valence-electron chi connectivity index (χ0n) is 12.3. The highest BCUT2D eigenvalue weighted by molar-refractivity contribution is 6.32. The van der Waals surface area contributed by atoms with Gasteiger partial charge >= 0.3 is 0 Å². The van der Waals surface area contributed by atoms with Crippen LogP contribution in [0.5, 0.6) is 5.75 Å². The minimum Gasteiger partial charge on any atom is -0.492 e. The number of hydrogen-bond acceptors (Lipinski definition) is 3. The van der Waals surface area contributed by atoms with Gasteiger partial charge in [-0.3, -0.25) is 9.48 Å². The fourth-order valence-corrected chi connectivity index (χ4v) is 2.16. The normalized spacial score (nSPS) is 10.5. The van der Waals surface area contributed by atoms with Crippen LogP contribution in [0.2, 0.25) is 5.02 Å². The molecule has 0 atom stereocenters. The predicted octanol–water partition coefficient (Wildman–Crippen LogP) is 3.42. The van der Waals surface area contributed by atoms with Gasteiger partial charge in [-0.25, -0.2) is 0 Å². The summed E-state index contributed by atoms with van der Waals surface area (Å²) in [6.07, 6.45) is 2.60. The summed E-state index contributed by atoms with van der Waals surface area (Å²) in [5.74, 6) is 0.410. The van der Waals surface area contributed by atoms with Gasteiger partial charge in [-0.15, -0.1) is 0 Å². The molecule has 0 bridgehead atoms. The molecule has 2 rings (SSSR count). The molecule has 1 heterocycles. The predicted molar refractivity (Wildman–Crippen MR) is 83.1 cm³/mol. The molecule has 112 valence electrons. The molecule has 0 fully saturated rings. The lowest BCUT2D eigenvalue weighted by Crippen LogP contribution is -2.12. The topological polar surface area (TPSA) is 56.1 Å². The quantitative estimate of drug-likeness (QED) is 0.920. The summed E-state index contributed by atoms with van der Waals surface area (Å²) >= 11 is 6.14. The highest BCUT2D eigenvalue weighted by atomic mass is 35.5. The standard InChI is InChI=1S/C15H18ClN3O2/c1-4-7-21-14-6-5-11(8-13(14)16)17-15(20)12-9-19(3)18-10(12)2/h5-6,8-9H,4,7H2,1-3H3,(H,17,20).